The van der Waals surface area contributed by atoms with Gasteiger partial charge in [0.1, 0.15) is 6.10 Å². The van der Waals surface area contributed by atoms with E-state index >= 15 is 0 Å². The first-order valence-corrected chi connectivity index (χ1v) is 8.50. The van der Waals surface area contributed by atoms with Crippen LogP contribution < -0.4 is 4.74 Å². The van der Waals surface area contributed by atoms with Crippen molar-refractivity contribution in [2.24, 2.45) is 0 Å². The van der Waals surface area contributed by atoms with Crippen LogP contribution in [0.3, 0.4) is 0 Å². The second-order valence-electron chi connectivity index (χ2n) is 6.64. The molecule has 126 valence electrons. The maximum Gasteiger partial charge on any atom is 0.316 e. The molecule has 4 heterocycles. The van der Waals surface area contributed by atoms with Crippen molar-refractivity contribution in [3.8, 4) is 6.01 Å². The van der Waals surface area contributed by atoms with Crippen LogP contribution in [0.4, 0.5) is 0 Å². The molecule has 0 radical (unpaired) electrons. The van der Waals surface area contributed by atoms with Gasteiger partial charge in [-0.1, -0.05) is 6.07 Å². The number of rotatable bonds is 4. The number of pyridine rings is 1. The Hall–Kier alpha value is -2.05. The van der Waals surface area contributed by atoms with Gasteiger partial charge in [-0.2, -0.15) is 0 Å². The summed E-state index contributed by atoms with van der Waals surface area (Å²) in [6, 6.07) is 6.34. The molecule has 6 heteroatoms. The first-order chi connectivity index (χ1) is 11.8. The predicted molar refractivity (Wildman–Crippen MR) is 88.5 cm³/mol. The fourth-order valence-corrected chi connectivity index (χ4v) is 3.73. The van der Waals surface area contributed by atoms with Gasteiger partial charge < -0.3 is 9.47 Å². The maximum atomic E-state index is 6.20. The Morgan fingerprint density at radius 1 is 1.25 bits per heavy atom. The summed E-state index contributed by atoms with van der Waals surface area (Å²) in [6.45, 7) is 3.58. The van der Waals surface area contributed by atoms with E-state index in [2.05, 4.69) is 25.9 Å². The molecule has 24 heavy (non-hydrogen) atoms. The van der Waals surface area contributed by atoms with E-state index in [1.165, 1.54) is 5.56 Å². The van der Waals surface area contributed by atoms with Crippen molar-refractivity contribution >= 4 is 0 Å². The maximum absolute atomic E-state index is 6.20. The lowest BCUT2D eigenvalue weighted by molar-refractivity contribution is -0.0538. The molecule has 2 aromatic rings. The molecule has 2 atom stereocenters. The first kappa shape index (κ1) is 15.5. The van der Waals surface area contributed by atoms with Crippen molar-refractivity contribution in [3.05, 3.63) is 48.5 Å². The molecule has 0 bridgehead atoms. The molecule has 2 fully saturated rings. The number of hydrogen-bond donors (Lipinski definition) is 0. The van der Waals surface area contributed by atoms with Crippen molar-refractivity contribution < 1.29 is 9.47 Å². The van der Waals surface area contributed by atoms with E-state index in [-0.39, 0.29) is 11.7 Å². The fraction of sp³-hybridized carbons (Fsp3) is 0.500. The van der Waals surface area contributed by atoms with Gasteiger partial charge in [0, 0.05) is 44.3 Å². The van der Waals surface area contributed by atoms with Crippen LogP contribution in [0.25, 0.3) is 0 Å². The summed E-state index contributed by atoms with van der Waals surface area (Å²) in [4.78, 5) is 14.9. The molecule has 0 amide bonds. The van der Waals surface area contributed by atoms with Gasteiger partial charge in [-0.05, 0) is 37.1 Å². The average Bonchev–Trinajstić information content (AvgIpc) is 2.98. The number of nitrogens with zero attached hydrogens (tertiary/aromatic N) is 4. The van der Waals surface area contributed by atoms with Crippen LogP contribution in [0.1, 0.15) is 24.8 Å². The van der Waals surface area contributed by atoms with Gasteiger partial charge in [0.05, 0.1) is 12.2 Å². The Morgan fingerprint density at radius 3 is 3.00 bits per heavy atom. The summed E-state index contributed by atoms with van der Waals surface area (Å²) < 4.78 is 12.1. The van der Waals surface area contributed by atoms with Gasteiger partial charge >= 0.3 is 6.01 Å². The van der Waals surface area contributed by atoms with Crippen molar-refractivity contribution in [1.29, 1.82) is 0 Å². The zero-order chi connectivity index (χ0) is 16.2. The quantitative estimate of drug-likeness (QED) is 0.857. The minimum atomic E-state index is -0.0973. The topological polar surface area (TPSA) is 60.4 Å². The Labute approximate surface area is 141 Å². The molecule has 0 unspecified atom stereocenters. The number of likely N-dealkylation sites (tertiary alicyclic amines) is 1. The SMILES string of the molecule is c1cnc(O[C@@H]2CO[C@]3(CCCN(Cc4cccnc4)C3)C2)nc1. The fourth-order valence-electron chi connectivity index (χ4n) is 3.73. The van der Waals surface area contributed by atoms with Crippen LogP contribution in [0.2, 0.25) is 0 Å². The molecule has 0 aromatic carbocycles. The van der Waals surface area contributed by atoms with E-state index in [4.69, 9.17) is 9.47 Å². The Balaban J connectivity index is 1.37. The van der Waals surface area contributed by atoms with E-state index < -0.39 is 0 Å². The zero-order valence-electron chi connectivity index (χ0n) is 13.7. The van der Waals surface area contributed by atoms with Crippen LogP contribution in [0, 0.1) is 0 Å². The largest absolute Gasteiger partial charge is 0.458 e. The van der Waals surface area contributed by atoms with Crippen molar-refractivity contribution in [3.63, 3.8) is 0 Å². The van der Waals surface area contributed by atoms with Gasteiger partial charge in [-0.25, -0.2) is 9.97 Å². The Morgan fingerprint density at radius 2 is 2.17 bits per heavy atom. The van der Waals surface area contributed by atoms with Crippen LogP contribution in [0.5, 0.6) is 6.01 Å². The second-order valence-corrected chi connectivity index (χ2v) is 6.64. The molecule has 4 rings (SSSR count). The van der Waals surface area contributed by atoms with Crippen LogP contribution in [0.15, 0.2) is 43.0 Å². The van der Waals surface area contributed by atoms with E-state index in [0.29, 0.717) is 12.6 Å². The Bertz CT molecular complexity index is 655. The second kappa shape index (κ2) is 6.83. The van der Waals surface area contributed by atoms with Gasteiger partial charge in [0.15, 0.2) is 0 Å². The molecule has 0 saturated carbocycles. The smallest absolute Gasteiger partial charge is 0.316 e. The van der Waals surface area contributed by atoms with Crippen molar-refractivity contribution in [1.82, 2.24) is 19.9 Å². The minimum Gasteiger partial charge on any atom is -0.458 e. The van der Waals surface area contributed by atoms with E-state index in [0.717, 1.165) is 38.9 Å². The van der Waals surface area contributed by atoms with Gasteiger partial charge in [-0.3, -0.25) is 9.88 Å². The summed E-state index contributed by atoms with van der Waals surface area (Å²) in [6.07, 6.45) is 10.3. The van der Waals surface area contributed by atoms with Gasteiger partial charge in [-0.15, -0.1) is 0 Å². The molecule has 0 aliphatic carbocycles. The Kier molecular flexibility index (Phi) is 4.40. The monoisotopic (exact) mass is 326 g/mol. The summed E-state index contributed by atoms with van der Waals surface area (Å²) in [5.41, 5.74) is 1.15. The van der Waals surface area contributed by atoms with E-state index in [9.17, 15) is 0 Å². The molecule has 2 aromatic heterocycles. The minimum absolute atomic E-state index is 0.0331. The average molecular weight is 326 g/mol. The van der Waals surface area contributed by atoms with Crippen LogP contribution >= 0.6 is 0 Å². The summed E-state index contributed by atoms with van der Waals surface area (Å²) in [5, 5.41) is 0. The lowest BCUT2D eigenvalue weighted by Gasteiger charge is -2.39. The molecule has 2 aliphatic rings. The third kappa shape index (κ3) is 3.55. The first-order valence-electron chi connectivity index (χ1n) is 8.50. The zero-order valence-corrected chi connectivity index (χ0v) is 13.7. The molecule has 1 spiro atoms. The highest BCUT2D eigenvalue weighted by atomic mass is 16.6. The summed E-state index contributed by atoms with van der Waals surface area (Å²) in [7, 11) is 0. The normalized spacial score (nSPS) is 27.4. The predicted octanol–water partition coefficient (Wildman–Crippen LogP) is 2.07. The molecule has 0 N–H and O–H groups in total. The lowest BCUT2D eigenvalue weighted by atomic mass is 9.89. The highest BCUT2D eigenvalue weighted by Crippen LogP contribution is 2.36. The van der Waals surface area contributed by atoms with Crippen LogP contribution in [-0.4, -0.2) is 51.3 Å². The third-order valence-electron chi connectivity index (χ3n) is 4.74. The molecule has 2 saturated heterocycles. The van der Waals surface area contributed by atoms with Gasteiger partial charge in [0.25, 0.3) is 0 Å². The summed E-state index contributed by atoms with van der Waals surface area (Å²) >= 11 is 0. The molecule has 6 nitrogen and oxygen atoms in total. The molecular weight excluding hydrogens is 304 g/mol. The molecular formula is C18H22N4O2. The number of aromatic nitrogens is 3. The standard InChI is InChI=1S/C18H22N4O2/c1-4-15(11-19-6-1)12-22-9-2-5-18(14-22)10-16(13-23-18)24-17-20-7-3-8-21-17/h1,3-4,6-8,11,16H,2,5,9-10,12-14H2/t16-,18+/m0/s1. The van der Waals surface area contributed by atoms with Crippen molar-refractivity contribution in [2.45, 2.75) is 37.5 Å². The number of piperidine rings is 1. The summed E-state index contributed by atoms with van der Waals surface area (Å²) in [5.74, 6) is 0. The molecule has 2 aliphatic heterocycles. The number of ether oxygens (including phenoxy) is 2. The van der Waals surface area contributed by atoms with Gasteiger partial charge in [0.2, 0.25) is 0 Å². The number of hydrogen-bond acceptors (Lipinski definition) is 6. The van der Waals surface area contributed by atoms with E-state index in [1.54, 1.807) is 18.5 Å². The lowest BCUT2D eigenvalue weighted by Crippen LogP contribution is -2.47. The third-order valence-corrected chi connectivity index (χ3v) is 4.74. The highest BCUT2D eigenvalue weighted by molar-refractivity contribution is 5.09. The highest BCUT2D eigenvalue weighted by Gasteiger charge is 2.44. The van der Waals surface area contributed by atoms with E-state index in [1.807, 2.05) is 18.5 Å². The van der Waals surface area contributed by atoms with Crippen LogP contribution in [-0.2, 0) is 11.3 Å². The van der Waals surface area contributed by atoms with Crippen molar-refractivity contribution in [2.75, 3.05) is 19.7 Å².